The Labute approximate surface area is 120 Å². The molecule has 0 N–H and O–H groups in total. The Morgan fingerprint density at radius 3 is 2.53 bits per heavy atom. The minimum Gasteiger partial charge on any atom is -0.468 e. The zero-order chi connectivity index (χ0) is 14.1. The van der Waals surface area contributed by atoms with Crippen molar-refractivity contribution in [1.82, 2.24) is 0 Å². The van der Waals surface area contributed by atoms with Crippen molar-refractivity contribution in [1.29, 1.82) is 0 Å². The lowest BCUT2D eigenvalue weighted by Gasteiger charge is -2.21. The highest BCUT2D eigenvalue weighted by Crippen LogP contribution is 2.29. The van der Waals surface area contributed by atoms with Gasteiger partial charge in [-0.3, -0.25) is 9.59 Å². The maximum absolute atomic E-state index is 12.2. The SMILES string of the molecule is CCCCC(C(=O)CSC1CCCCC1)C(=O)OC. The summed E-state index contributed by atoms with van der Waals surface area (Å²) in [6.07, 6.45) is 8.85. The van der Waals surface area contributed by atoms with Crippen molar-refractivity contribution >= 4 is 23.5 Å². The number of carbonyl (C=O) groups excluding carboxylic acids is 2. The number of thioether (sulfide) groups is 1. The van der Waals surface area contributed by atoms with Crippen LogP contribution in [0.15, 0.2) is 0 Å². The van der Waals surface area contributed by atoms with Gasteiger partial charge >= 0.3 is 5.97 Å². The molecular formula is C15H26O3S. The van der Waals surface area contributed by atoms with Crippen molar-refractivity contribution in [2.24, 2.45) is 5.92 Å². The molecule has 3 nitrogen and oxygen atoms in total. The molecule has 0 bridgehead atoms. The van der Waals surface area contributed by atoms with Crippen LogP contribution in [-0.2, 0) is 14.3 Å². The fourth-order valence-corrected chi connectivity index (χ4v) is 3.76. The van der Waals surface area contributed by atoms with Gasteiger partial charge in [-0.05, 0) is 19.3 Å². The van der Waals surface area contributed by atoms with E-state index in [0.717, 1.165) is 12.8 Å². The van der Waals surface area contributed by atoms with E-state index in [1.807, 2.05) is 0 Å². The molecule has 1 fully saturated rings. The topological polar surface area (TPSA) is 43.4 Å². The van der Waals surface area contributed by atoms with Gasteiger partial charge in [0, 0.05) is 5.25 Å². The van der Waals surface area contributed by atoms with E-state index in [4.69, 9.17) is 4.74 Å². The summed E-state index contributed by atoms with van der Waals surface area (Å²) >= 11 is 1.74. The van der Waals surface area contributed by atoms with Crippen LogP contribution in [-0.4, -0.2) is 29.9 Å². The van der Waals surface area contributed by atoms with Crippen LogP contribution < -0.4 is 0 Å². The first-order valence-corrected chi connectivity index (χ1v) is 8.46. The second-order valence-corrected chi connectivity index (χ2v) is 6.54. The second-order valence-electron chi connectivity index (χ2n) is 5.26. The van der Waals surface area contributed by atoms with Crippen LogP contribution in [0, 0.1) is 5.92 Å². The summed E-state index contributed by atoms with van der Waals surface area (Å²) in [6, 6.07) is 0. The summed E-state index contributed by atoms with van der Waals surface area (Å²) in [7, 11) is 1.36. The van der Waals surface area contributed by atoms with Crippen LogP contribution in [0.25, 0.3) is 0 Å². The number of esters is 1. The number of methoxy groups -OCH3 is 1. The molecule has 0 aromatic heterocycles. The molecule has 1 aliphatic rings. The average molecular weight is 286 g/mol. The third-order valence-electron chi connectivity index (χ3n) is 3.73. The van der Waals surface area contributed by atoms with Crippen molar-refractivity contribution in [2.75, 3.05) is 12.9 Å². The number of ether oxygens (including phenoxy) is 1. The molecule has 1 unspecified atom stereocenters. The lowest BCUT2D eigenvalue weighted by atomic mass is 9.98. The third-order valence-corrected chi connectivity index (χ3v) is 5.13. The minimum atomic E-state index is -0.541. The quantitative estimate of drug-likeness (QED) is 0.505. The van der Waals surface area contributed by atoms with Crippen molar-refractivity contribution in [2.45, 2.75) is 63.5 Å². The number of hydrogen-bond donors (Lipinski definition) is 0. The zero-order valence-corrected chi connectivity index (χ0v) is 13.0. The largest absolute Gasteiger partial charge is 0.468 e. The first kappa shape index (κ1) is 16.5. The van der Waals surface area contributed by atoms with Crippen molar-refractivity contribution < 1.29 is 14.3 Å². The van der Waals surface area contributed by atoms with Crippen LogP contribution in [0.2, 0.25) is 0 Å². The molecule has 0 spiro atoms. The predicted molar refractivity (Wildman–Crippen MR) is 79.4 cm³/mol. The van der Waals surface area contributed by atoms with Crippen molar-refractivity contribution in [3.05, 3.63) is 0 Å². The molecule has 19 heavy (non-hydrogen) atoms. The van der Waals surface area contributed by atoms with Crippen molar-refractivity contribution in [3.63, 3.8) is 0 Å². The van der Waals surface area contributed by atoms with Crippen LogP contribution >= 0.6 is 11.8 Å². The van der Waals surface area contributed by atoms with Gasteiger partial charge in [0.2, 0.25) is 0 Å². The molecule has 0 radical (unpaired) electrons. The fourth-order valence-electron chi connectivity index (χ4n) is 2.49. The van der Waals surface area contributed by atoms with E-state index in [0.29, 0.717) is 17.4 Å². The first-order valence-electron chi connectivity index (χ1n) is 7.41. The van der Waals surface area contributed by atoms with Crippen LogP contribution in [0.1, 0.15) is 58.3 Å². The predicted octanol–water partition coefficient (Wildman–Crippen LogP) is 3.60. The Bertz CT molecular complexity index is 285. The van der Waals surface area contributed by atoms with E-state index in [1.165, 1.54) is 39.2 Å². The van der Waals surface area contributed by atoms with Gasteiger partial charge in [0.1, 0.15) is 5.92 Å². The first-order chi connectivity index (χ1) is 9.19. The number of unbranched alkanes of at least 4 members (excludes halogenated alkanes) is 1. The van der Waals surface area contributed by atoms with Gasteiger partial charge in [-0.1, -0.05) is 39.0 Å². The van der Waals surface area contributed by atoms with Gasteiger partial charge in [0.15, 0.2) is 5.78 Å². The highest BCUT2D eigenvalue weighted by Gasteiger charge is 2.27. The molecule has 0 aliphatic heterocycles. The fraction of sp³-hybridized carbons (Fsp3) is 0.867. The number of Topliss-reactive ketones (excluding diaryl/α,β-unsaturated/α-hetero) is 1. The van der Waals surface area contributed by atoms with E-state index in [1.54, 1.807) is 11.8 Å². The molecule has 0 aromatic rings. The Morgan fingerprint density at radius 1 is 1.26 bits per heavy atom. The monoisotopic (exact) mass is 286 g/mol. The summed E-state index contributed by atoms with van der Waals surface area (Å²) in [4.78, 5) is 23.8. The van der Waals surface area contributed by atoms with Crippen molar-refractivity contribution in [3.8, 4) is 0 Å². The standard InChI is InChI=1S/C15H26O3S/c1-3-4-10-13(15(17)18-2)14(16)11-19-12-8-6-5-7-9-12/h12-13H,3-11H2,1-2H3. The Balaban J connectivity index is 2.39. The van der Waals surface area contributed by atoms with Gasteiger partial charge in [-0.25, -0.2) is 0 Å². The van der Waals surface area contributed by atoms with E-state index >= 15 is 0 Å². The normalized spacial score (nSPS) is 18.0. The third kappa shape index (κ3) is 5.98. The Hall–Kier alpha value is -0.510. The van der Waals surface area contributed by atoms with E-state index < -0.39 is 5.92 Å². The number of carbonyl (C=O) groups is 2. The Morgan fingerprint density at radius 2 is 1.95 bits per heavy atom. The van der Waals surface area contributed by atoms with Crippen LogP contribution in [0.5, 0.6) is 0 Å². The molecule has 1 rings (SSSR count). The molecule has 1 atom stereocenters. The molecule has 1 aliphatic carbocycles. The van der Waals surface area contributed by atoms with E-state index in [9.17, 15) is 9.59 Å². The maximum Gasteiger partial charge on any atom is 0.316 e. The molecule has 4 heteroatoms. The maximum atomic E-state index is 12.2. The van der Waals surface area contributed by atoms with Gasteiger partial charge in [0.25, 0.3) is 0 Å². The number of hydrogen-bond acceptors (Lipinski definition) is 4. The van der Waals surface area contributed by atoms with Crippen LogP contribution in [0.4, 0.5) is 0 Å². The summed E-state index contributed by atoms with van der Waals surface area (Å²) < 4.78 is 4.75. The molecular weight excluding hydrogens is 260 g/mol. The lowest BCUT2D eigenvalue weighted by Crippen LogP contribution is -2.27. The second kappa shape index (κ2) is 9.40. The molecule has 0 heterocycles. The molecule has 0 amide bonds. The van der Waals surface area contributed by atoms with E-state index in [2.05, 4.69) is 6.92 Å². The zero-order valence-electron chi connectivity index (χ0n) is 12.2. The number of ketones is 1. The van der Waals surface area contributed by atoms with Gasteiger partial charge in [0.05, 0.1) is 12.9 Å². The Kier molecular flexibility index (Phi) is 8.19. The summed E-state index contributed by atoms with van der Waals surface area (Å²) in [5.41, 5.74) is 0. The van der Waals surface area contributed by atoms with Gasteiger partial charge in [-0.2, -0.15) is 11.8 Å². The summed E-state index contributed by atoms with van der Waals surface area (Å²) in [6.45, 7) is 2.07. The van der Waals surface area contributed by atoms with Gasteiger partial charge < -0.3 is 4.74 Å². The minimum absolute atomic E-state index is 0.0517. The van der Waals surface area contributed by atoms with E-state index in [-0.39, 0.29) is 11.8 Å². The van der Waals surface area contributed by atoms with Gasteiger partial charge in [-0.15, -0.1) is 0 Å². The lowest BCUT2D eigenvalue weighted by molar-refractivity contribution is -0.149. The molecule has 0 aromatic carbocycles. The smallest absolute Gasteiger partial charge is 0.316 e. The molecule has 110 valence electrons. The highest BCUT2D eigenvalue weighted by atomic mass is 32.2. The number of rotatable bonds is 8. The summed E-state index contributed by atoms with van der Waals surface area (Å²) in [5.74, 6) is -0.381. The highest BCUT2D eigenvalue weighted by molar-refractivity contribution is 8.00. The molecule has 1 saturated carbocycles. The van der Waals surface area contributed by atoms with Crippen LogP contribution in [0.3, 0.4) is 0 Å². The molecule has 0 saturated heterocycles. The summed E-state index contributed by atoms with van der Waals surface area (Å²) in [5, 5.41) is 0.613. The average Bonchev–Trinajstić information content (AvgIpc) is 2.46.